The lowest BCUT2D eigenvalue weighted by molar-refractivity contribution is 0.0947. The van der Waals surface area contributed by atoms with Crippen LogP contribution in [0, 0.1) is 17.8 Å². The van der Waals surface area contributed by atoms with Gasteiger partial charge in [-0.2, -0.15) is 0 Å². The van der Waals surface area contributed by atoms with Gasteiger partial charge in [0.05, 0.1) is 12.1 Å². The predicted molar refractivity (Wildman–Crippen MR) is 76.7 cm³/mol. The van der Waals surface area contributed by atoms with E-state index in [0.29, 0.717) is 18.0 Å². The van der Waals surface area contributed by atoms with Crippen molar-refractivity contribution >= 4 is 5.91 Å². The van der Waals surface area contributed by atoms with Gasteiger partial charge in [-0.3, -0.25) is 4.79 Å². The van der Waals surface area contributed by atoms with E-state index in [4.69, 9.17) is 5.73 Å². The monoisotopic (exact) mass is 256 g/mol. The van der Waals surface area contributed by atoms with E-state index in [1.807, 2.05) is 24.3 Å². The SMILES string of the molecule is NCC#Cc1ccccc1C(=O)NCC1CCCC1. The Hall–Kier alpha value is -1.79. The molecule has 3 heteroatoms. The van der Waals surface area contributed by atoms with Crippen LogP contribution in [-0.4, -0.2) is 19.0 Å². The fraction of sp³-hybridized carbons (Fsp3) is 0.438. The lowest BCUT2D eigenvalue weighted by atomic mass is 10.1. The second kappa shape index (κ2) is 6.96. The molecule has 1 aromatic rings. The van der Waals surface area contributed by atoms with Gasteiger partial charge in [-0.15, -0.1) is 0 Å². The van der Waals surface area contributed by atoms with E-state index in [1.165, 1.54) is 25.7 Å². The number of carbonyl (C=O) groups is 1. The zero-order chi connectivity index (χ0) is 13.5. The predicted octanol–water partition coefficient (Wildman–Crippen LogP) is 1.92. The maximum absolute atomic E-state index is 12.2. The van der Waals surface area contributed by atoms with Gasteiger partial charge in [0, 0.05) is 12.1 Å². The first-order valence-corrected chi connectivity index (χ1v) is 6.87. The summed E-state index contributed by atoms with van der Waals surface area (Å²) < 4.78 is 0. The van der Waals surface area contributed by atoms with Gasteiger partial charge in [0.15, 0.2) is 0 Å². The molecule has 1 saturated carbocycles. The summed E-state index contributed by atoms with van der Waals surface area (Å²) in [6, 6.07) is 7.41. The Bertz CT molecular complexity index is 493. The molecule has 1 fully saturated rings. The fourth-order valence-electron chi connectivity index (χ4n) is 2.48. The summed E-state index contributed by atoms with van der Waals surface area (Å²) >= 11 is 0. The van der Waals surface area contributed by atoms with Crippen molar-refractivity contribution < 1.29 is 4.79 Å². The summed E-state index contributed by atoms with van der Waals surface area (Å²) in [5.41, 5.74) is 6.76. The van der Waals surface area contributed by atoms with Crippen LogP contribution in [0.3, 0.4) is 0 Å². The van der Waals surface area contributed by atoms with E-state index in [0.717, 1.165) is 12.1 Å². The molecule has 1 aliphatic rings. The molecule has 19 heavy (non-hydrogen) atoms. The first-order valence-electron chi connectivity index (χ1n) is 6.87. The van der Waals surface area contributed by atoms with Crippen LogP contribution in [0.2, 0.25) is 0 Å². The van der Waals surface area contributed by atoms with Crippen molar-refractivity contribution in [2.45, 2.75) is 25.7 Å². The Kier molecular flexibility index (Phi) is 5.00. The van der Waals surface area contributed by atoms with Crippen molar-refractivity contribution in [3.05, 3.63) is 35.4 Å². The van der Waals surface area contributed by atoms with Crippen LogP contribution in [0.4, 0.5) is 0 Å². The average Bonchev–Trinajstić information content (AvgIpc) is 2.96. The van der Waals surface area contributed by atoms with Crippen LogP contribution in [0.25, 0.3) is 0 Å². The van der Waals surface area contributed by atoms with Gasteiger partial charge in [-0.25, -0.2) is 0 Å². The Balaban J connectivity index is 2.01. The number of hydrogen-bond acceptors (Lipinski definition) is 2. The van der Waals surface area contributed by atoms with E-state index >= 15 is 0 Å². The van der Waals surface area contributed by atoms with E-state index in [2.05, 4.69) is 17.2 Å². The molecule has 0 atom stereocenters. The lowest BCUT2D eigenvalue weighted by Crippen LogP contribution is -2.28. The molecule has 0 unspecified atom stereocenters. The quantitative estimate of drug-likeness (QED) is 0.812. The van der Waals surface area contributed by atoms with Crippen molar-refractivity contribution in [1.29, 1.82) is 0 Å². The minimum absolute atomic E-state index is 0.0335. The number of nitrogens with two attached hydrogens (primary N) is 1. The summed E-state index contributed by atoms with van der Waals surface area (Å²) in [4.78, 5) is 12.2. The molecule has 1 amide bonds. The van der Waals surface area contributed by atoms with Crippen LogP contribution >= 0.6 is 0 Å². The number of hydrogen-bond donors (Lipinski definition) is 2. The molecule has 0 heterocycles. The highest BCUT2D eigenvalue weighted by Gasteiger charge is 2.16. The van der Waals surface area contributed by atoms with Crippen molar-refractivity contribution in [3.63, 3.8) is 0 Å². The van der Waals surface area contributed by atoms with Crippen LogP contribution in [0.1, 0.15) is 41.6 Å². The number of nitrogens with one attached hydrogen (secondary N) is 1. The van der Waals surface area contributed by atoms with Crippen molar-refractivity contribution in [2.75, 3.05) is 13.1 Å². The third-order valence-electron chi connectivity index (χ3n) is 3.52. The molecular formula is C16H20N2O. The third-order valence-corrected chi connectivity index (χ3v) is 3.52. The molecule has 0 saturated heterocycles. The van der Waals surface area contributed by atoms with Crippen LogP contribution in [0.5, 0.6) is 0 Å². The number of amides is 1. The first-order chi connectivity index (χ1) is 9.31. The Labute approximate surface area is 114 Å². The first kappa shape index (κ1) is 13.6. The van der Waals surface area contributed by atoms with Crippen LogP contribution in [-0.2, 0) is 0 Å². The largest absolute Gasteiger partial charge is 0.352 e. The maximum atomic E-state index is 12.2. The third kappa shape index (κ3) is 3.84. The van der Waals surface area contributed by atoms with Gasteiger partial charge in [0.25, 0.3) is 5.91 Å². The van der Waals surface area contributed by atoms with Crippen molar-refractivity contribution in [3.8, 4) is 11.8 Å². The van der Waals surface area contributed by atoms with E-state index < -0.39 is 0 Å². The molecular weight excluding hydrogens is 236 g/mol. The van der Waals surface area contributed by atoms with Crippen LogP contribution < -0.4 is 11.1 Å². The second-order valence-corrected chi connectivity index (χ2v) is 4.91. The Morgan fingerprint density at radius 3 is 2.79 bits per heavy atom. The van der Waals surface area contributed by atoms with E-state index in [1.54, 1.807) is 0 Å². The van der Waals surface area contributed by atoms with Crippen molar-refractivity contribution in [1.82, 2.24) is 5.32 Å². The van der Waals surface area contributed by atoms with Gasteiger partial charge in [0.1, 0.15) is 0 Å². The molecule has 2 rings (SSSR count). The van der Waals surface area contributed by atoms with Crippen molar-refractivity contribution in [2.24, 2.45) is 11.7 Å². The summed E-state index contributed by atoms with van der Waals surface area (Å²) in [5.74, 6) is 6.35. The van der Waals surface area contributed by atoms with Gasteiger partial charge < -0.3 is 11.1 Å². The molecule has 0 bridgehead atoms. The standard InChI is InChI=1S/C16H20N2O/c17-11-5-9-14-8-3-4-10-15(14)16(19)18-12-13-6-1-2-7-13/h3-4,8,10,13H,1-2,6-7,11-12,17H2,(H,18,19). The van der Waals surface area contributed by atoms with Gasteiger partial charge in [-0.05, 0) is 30.9 Å². The zero-order valence-corrected chi connectivity index (χ0v) is 11.1. The summed E-state index contributed by atoms with van der Waals surface area (Å²) in [6.07, 6.45) is 5.04. The zero-order valence-electron chi connectivity index (χ0n) is 11.1. The number of carbonyl (C=O) groups excluding carboxylic acids is 1. The van der Waals surface area contributed by atoms with Gasteiger partial charge in [-0.1, -0.05) is 36.8 Å². The smallest absolute Gasteiger partial charge is 0.252 e. The second-order valence-electron chi connectivity index (χ2n) is 4.91. The highest BCUT2D eigenvalue weighted by atomic mass is 16.1. The minimum Gasteiger partial charge on any atom is -0.352 e. The molecule has 3 N–H and O–H groups in total. The number of benzene rings is 1. The topological polar surface area (TPSA) is 55.1 Å². The number of rotatable bonds is 3. The molecule has 100 valence electrons. The minimum atomic E-state index is -0.0335. The maximum Gasteiger partial charge on any atom is 0.252 e. The summed E-state index contributed by atoms with van der Waals surface area (Å²) in [5, 5.41) is 3.02. The lowest BCUT2D eigenvalue weighted by Gasteiger charge is -2.11. The molecule has 0 aromatic heterocycles. The average molecular weight is 256 g/mol. The molecule has 0 spiro atoms. The summed E-state index contributed by atoms with van der Waals surface area (Å²) in [7, 11) is 0. The Morgan fingerprint density at radius 2 is 2.05 bits per heavy atom. The Morgan fingerprint density at radius 1 is 1.32 bits per heavy atom. The van der Waals surface area contributed by atoms with Gasteiger partial charge in [0.2, 0.25) is 0 Å². The molecule has 0 aliphatic heterocycles. The normalized spacial score (nSPS) is 14.8. The highest BCUT2D eigenvalue weighted by molar-refractivity contribution is 5.96. The molecule has 0 radical (unpaired) electrons. The van der Waals surface area contributed by atoms with E-state index in [9.17, 15) is 4.79 Å². The molecule has 1 aromatic carbocycles. The molecule has 3 nitrogen and oxygen atoms in total. The van der Waals surface area contributed by atoms with Gasteiger partial charge >= 0.3 is 0 Å². The highest BCUT2D eigenvalue weighted by Crippen LogP contribution is 2.23. The molecule has 1 aliphatic carbocycles. The fourth-order valence-corrected chi connectivity index (χ4v) is 2.48. The van der Waals surface area contributed by atoms with E-state index in [-0.39, 0.29) is 5.91 Å². The summed E-state index contributed by atoms with van der Waals surface area (Å²) in [6.45, 7) is 1.08. The van der Waals surface area contributed by atoms with Crippen LogP contribution in [0.15, 0.2) is 24.3 Å².